The molecule has 0 amide bonds. The molecule has 0 fully saturated rings. The molecule has 2 rings (SSSR count). The zero-order valence-corrected chi connectivity index (χ0v) is 13.6. The SMILES string of the molecule is Cc1cc(C)c(C(=O)[P+](=O)CCc2ccccc2)c(C)c1. The third kappa shape index (κ3) is 3.86. The predicted octanol–water partition coefficient (Wildman–Crippen LogP) is 4.82. The van der Waals surface area contributed by atoms with Gasteiger partial charge in [0.15, 0.2) is 6.16 Å². The Bertz CT molecular complexity index is 652. The summed E-state index contributed by atoms with van der Waals surface area (Å²) < 4.78 is 12.3. The highest BCUT2D eigenvalue weighted by Gasteiger charge is 2.31. The lowest BCUT2D eigenvalue weighted by Crippen LogP contribution is -2.03. The summed E-state index contributed by atoms with van der Waals surface area (Å²) in [5.41, 5.74) is 4.50. The average Bonchev–Trinajstić information content (AvgIpc) is 2.44. The Hall–Kier alpha value is -1.79. The van der Waals surface area contributed by atoms with Crippen LogP contribution in [0.5, 0.6) is 0 Å². The molecular formula is C18H20O2P+. The van der Waals surface area contributed by atoms with E-state index in [-0.39, 0.29) is 5.52 Å². The van der Waals surface area contributed by atoms with E-state index >= 15 is 0 Å². The molecule has 0 aliphatic carbocycles. The molecular weight excluding hydrogens is 279 g/mol. The van der Waals surface area contributed by atoms with E-state index in [1.807, 2.05) is 63.2 Å². The molecule has 0 heterocycles. The predicted molar refractivity (Wildman–Crippen MR) is 87.6 cm³/mol. The molecule has 0 spiro atoms. The number of hydrogen-bond donors (Lipinski definition) is 0. The maximum Gasteiger partial charge on any atom is 0.420 e. The second-order valence-corrected chi connectivity index (χ2v) is 7.03. The first-order valence-corrected chi connectivity index (χ1v) is 8.54. The van der Waals surface area contributed by atoms with Gasteiger partial charge in [0.25, 0.3) is 0 Å². The van der Waals surface area contributed by atoms with Crippen LogP contribution in [0.25, 0.3) is 0 Å². The monoisotopic (exact) mass is 299 g/mol. The average molecular weight is 299 g/mol. The van der Waals surface area contributed by atoms with Crippen molar-refractivity contribution in [1.29, 1.82) is 0 Å². The molecule has 0 aliphatic heterocycles. The summed E-state index contributed by atoms with van der Waals surface area (Å²) in [6, 6.07) is 13.8. The zero-order chi connectivity index (χ0) is 15.4. The first kappa shape index (κ1) is 15.6. The van der Waals surface area contributed by atoms with Gasteiger partial charge in [0.2, 0.25) is 0 Å². The van der Waals surface area contributed by atoms with E-state index in [0.717, 1.165) is 22.3 Å². The van der Waals surface area contributed by atoms with Crippen LogP contribution in [0.4, 0.5) is 0 Å². The van der Waals surface area contributed by atoms with Crippen molar-refractivity contribution < 1.29 is 9.36 Å². The molecule has 0 bridgehead atoms. The fourth-order valence-corrected chi connectivity index (χ4v) is 3.89. The van der Waals surface area contributed by atoms with Crippen molar-refractivity contribution in [1.82, 2.24) is 0 Å². The van der Waals surface area contributed by atoms with Gasteiger partial charge in [-0.05, 0) is 37.5 Å². The van der Waals surface area contributed by atoms with E-state index < -0.39 is 7.80 Å². The summed E-state index contributed by atoms with van der Waals surface area (Å²) in [6.07, 6.45) is 1.08. The minimum absolute atomic E-state index is 0.212. The lowest BCUT2D eigenvalue weighted by Gasteiger charge is -2.05. The van der Waals surface area contributed by atoms with Crippen molar-refractivity contribution in [3.63, 3.8) is 0 Å². The molecule has 2 aromatic rings. The largest absolute Gasteiger partial charge is 0.420 e. The standard InChI is InChI=1S/C18H20O2P/c1-13-11-14(2)17(15(3)12-13)18(19)21(20)10-9-16-7-5-4-6-8-16/h4-8,11-12H,9-10H2,1-3H3/q+1. The van der Waals surface area contributed by atoms with Gasteiger partial charge in [-0.1, -0.05) is 52.6 Å². The van der Waals surface area contributed by atoms with Gasteiger partial charge in [0.1, 0.15) is 0 Å². The maximum absolute atomic E-state index is 12.4. The molecule has 0 aromatic heterocycles. The van der Waals surface area contributed by atoms with Gasteiger partial charge in [-0.2, -0.15) is 0 Å². The summed E-state index contributed by atoms with van der Waals surface area (Å²) in [4.78, 5) is 12.4. The fraction of sp³-hybridized carbons (Fsp3) is 0.278. The third-order valence-corrected chi connectivity index (χ3v) is 4.87. The van der Waals surface area contributed by atoms with Crippen LogP contribution in [0, 0.1) is 20.8 Å². The van der Waals surface area contributed by atoms with E-state index in [9.17, 15) is 9.36 Å². The van der Waals surface area contributed by atoms with E-state index in [2.05, 4.69) is 0 Å². The molecule has 108 valence electrons. The quantitative estimate of drug-likeness (QED) is 0.742. The Morgan fingerprint density at radius 3 is 2.14 bits per heavy atom. The fourth-order valence-electron chi connectivity index (χ4n) is 2.62. The van der Waals surface area contributed by atoms with E-state index in [0.29, 0.717) is 18.1 Å². The molecule has 2 aromatic carbocycles. The number of carbonyl (C=O) groups excluding carboxylic acids is 1. The van der Waals surface area contributed by atoms with Crippen molar-refractivity contribution in [2.75, 3.05) is 6.16 Å². The van der Waals surface area contributed by atoms with Crippen LogP contribution >= 0.6 is 7.80 Å². The van der Waals surface area contributed by atoms with Gasteiger partial charge in [-0.25, -0.2) is 4.79 Å². The van der Waals surface area contributed by atoms with Gasteiger partial charge >= 0.3 is 13.3 Å². The molecule has 1 atom stereocenters. The molecule has 21 heavy (non-hydrogen) atoms. The van der Waals surface area contributed by atoms with Crippen LogP contribution in [-0.2, 0) is 11.0 Å². The molecule has 2 nitrogen and oxygen atoms in total. The first-order valence-electron chi connectivity index (χ1n) is 7.10. The number of rotatable bonds is 5. The number of benzene rings is 2. The Labute approximate surface area is 127 Å². The highest BCUT2D eigenvalue weighted by molar-refractivity contribution is 7.64. The molecule has 0 radical (unpaired) electrons. The van der Waals surface area contributed by atoms with Crippen molar-refractivity contribution in [2.24, 2.45) is 0 Å². The van der Waals surface area contributed by atoms with Crippen molar-refractivity contribution >= 4 is 13.3 Å². The second-order valence-electron chi connectivity index (χ2n) is 5.42. The molecule has 3 heteroatoms. The zero-order valence-electron chi connectivity index (χ0n) is 12.7. The summed E-state index contributed by atoms with van der Waals surface area (Å²) in [5, 5.41) is 0. The van der Waals surface area contributed by atoms with Crippen molar-refractivity contribution in [3.05, 3.63) is 70.3 Å². The minimum atomic E-state index is -1.87. The first-order chi connectivity index (χ1) is 9.99. The number of aryl methyl sites for hydroxylation is 4. The van der Waals surface area contributed by atoms with Crippen molar-refractivity contribution in [2.45, 2.75) is 27.2 Å². The van der Waals surface area contributed by atoms with Crippen LogP contribution in [0.2, 0.25) is 0 Å². The van der Waals surface area contributed by atoms with Crippen LogP contribution in [0.1, 0.15) is 32.6 Å². The normalized spacial score (nSPS) is 11.3. The second kappa shape index (κ2) is 6.78. The number of hydrogen-bond acceptors (Lipinski definition) is 2. The maximum atomic E-state index is 12.4. The molecule has 1 unspecified atom stereocenters. The van der Waals surface area contributed by atoms with E-state index in [1.54, 1.807) is 0 Å². The number of carbonyl (C=O) groups is 1. The third-order valence-electron chi connectivity index (χ3n) is 3.56. The summed E-state index contributed by atoms with van der Waals surface area (Å²) in [6.45, 7) is 5.82. The molecule has 0 N–H and O–H groups in total. The lowest BCUT2D eigenvalue weighted by atomic mass is 10.0. The van der Waals surface area contributed by atoms with E-state index in [4.69, 9.17) is 0 Å². The van der Waals surface area contributed by atoms with Crippen molar-refractivity contribution in [3.8, 4) is 0 Å². The van der Waals surface area contributed by atoms with Gasteiger partial charge in [0.05, 0.1) is 5.56 Å². The van der Waals surface area contributed by atoms with Gasteiger partial charge < -0.3 is 0 Å². The molecule has 0 saturated heterocycles. The molecule has 0 saturated carbocycles. The highest BCUT2D eigenvalue weighted by atomic mass is 31.1. The topological polar surface area (TPSA) is 34.1 Å². The Morgan fingerprint density at radius 1 is 1.00 bits per heavy atom. The van der Waals surface area contributed by atoms with E-state index in [1.165, 1.54) is 0 Å². The lowest BCUT2D eigenvalue weighted by molar-refractivity contribution is 0.107. The highest BCUT2D eigenvalue weighted by Crippen LogP contribution is 2.31. The van der Waals surface area contributed by atoms with Crippen LogP contribution in [0.15, 0.2) is 42.5 Å². The summed E-state index contributed by atoms with van der Waals surface area (Å²) in [5.74, 6) is 0. The Balaban J connectivity index is 2.11. The van der Waals surface area contributed by atoms with Crippen LogP contribution < -0.4 is 0 Å². The van der Waals surface area contributed by atoms with Crippen LogP contribution in [0.3, 0.4) is 0 Å². The van der Waals surface area contributed by atoms with Crippen LogP contribution in [-0.4, -0.2) is 11.7 Å². The Kier molecular flexibility index (Phi) is 5.03. The summed E-state index contributed by atoms with van der Waals surface area (Å²) >= 11 is 0. The molecule has 0 aliphatic rings. The minimum Gasteiger partial charge on any atom is -0.234 e. The van der Waals surface area contributed by atoms with Gasteiger partial charge in [0, 0.05) is 6.42 Å². The summed E-state index contributed by atoms with van der Waals surface area (Å²) in [7, 11) is -1.87. The van der Waals surface area contributed by atoms with Gasteiger partial charge in [-0.3, -0.25) is 0 Å². The Morgan fingerprint density at radius 2 is 1.57 bits per heavy atom. The van der Waals surface area contributed by atoms with Gasteiger partial charge in [-0.15, -0.1) is 0 Å². The smallest absolute Gasteiger partial charge is 0.234 e.